The lowest BCUT2D eigenvalue weighted by molar-refractivity contribution is -0.113. The molecule has 33 heavy (non-hydrogen) atoms. The second-order valence-electron chi connectivity index (χ2n) is 8.25. The number of fused-ring (bicyclic) bond motifs is 1. The van der Waals surface area contributed by atoms with Gasteiger partial charge in [-0.25, -0.2) is 9.50 Å². The molecule has 170 valence electrons. The van der Waals surface area contributed by atoms with Crippen LogP contribution in [0.3, 0.4) is 0 Å². The van der Waals surface area contributed by atoms with Crippen LogP contribution in [0, 0.1) is 34.6 Å². The highest BCUT2D eigenvalue weighted by atomic mass is 35.5. The Balaban J connectivity index is 1.52. The maximum atomic E-state index is 12.4. The van der Waals surface area contributed by atoms with E-state index in [1.54, 1.807) is 10.6 Å². The van der Waals surface area contributed by atoms with E-state index in [9.17, 15) is 4.79 Å². The Labute approximate surface area is 202 Å². The number of benzene rings is 2. The number of anilines is 1. The van der Waals surface area contributed by atoms with Crippen molar-refractivity contribution in [3.05, 3.63) is 80.6 Å². The van der Waals surface area contributed by atoms with Gasteiger partial charge in [0.2, 0.25) is 11.1 Å². The molecule has 0 fully saturated rings. The molecule has 1 N–H and O–H groups in total. The van der Waals surface area contributed by atoms with Crippen LogP contribution in [0.25, 0.3) is 5.78 Å². The topological polar surface area (TPSA) is 72.2 Å². The van der Waals surface area contributed by atoms with Crippen LogP contribution in [0.15, 0.2) is 41.6 Å². The van der Waals surface area contributed by atoms with E-state index in [2.05, 4.69) is 52.4 Å². The number of carbonyl (C=O) groups is 1. The Morgan fingerprint density at radius 2 is 1.85 bits per heavy atom. The Bertz CT molecular complexity index is 1360. The zero-order chi connectivity index (χ0) is 23.7. The Morgan fingerprint density at radius 1 is 1.06 bits per heavy atom. The molecule has 0 saturated heterocycles. The summed E-state index contributed by atoms with van der Waals surface area (Å²) in [6.07, 6.45) is 0.788. The first kappa shape index (κ1) is 23.3. The van der Waals surface area contributed by atoms with Gasteiger partial charge in [0.15, 0.2) is 0 Å². The second kappa shape index (κ2) is 9.53. The molecule has 4 aromatic rings. The summed E-state index contributed by atoms with van der Waals surface area (Å²) >= 11 is 7.55. The fourth-order valence-electron chi connectivity index (χ4n) is 3.75. The van der Waals surface area contributed by atoms with Gasteiger partial charge < -0.3 is 5.32 Å². The molecule has 2 aromatic carbocycles. The van der Waals surface area contributed by atoms with Crippen LogP contribution in [0.5, 0.6) is 0 Å². The first-order chi connectivity index (χ1) is 15.7. The fourth-order valence-corrected chi connectivity index (χ4v) is 4.54. The van der Waals surface area contributed by atoms with Crippen molar-refractivity contribution in [2.45, 2.75) is 46.2 Å². The molecule has 4 rings (SSSR count). The van der Waals surface area contributed by atoms with Crippen LogP contribution in [0.1, 0.15) is 39.2 Å². The lowest BCUT2D eigenvalue weighted by Crippen LogP contribution is -2.14. The molecule has 6 nitrogen and oxygen atoms in total. The first-order valence-electron chi connectivity index (χ1n) is 10.7. The third-order valence-corrected chi connectivity index (χ3v) is 7.04. The molecule has 0 unspecified atom stereocenters. The fraction of sp³-hybridized carbons (Fsp3) is 0.280. The molecule has 2 heterocycles. The zero-order valence-electron chi connectivity index (χ0n) is 19.4. The number of hydrogen-bond donors (Lipinski definition) is 1. The third-order valence-electron chi connectivity index (χ3n) is 5.70. The van der Waals surface area contributed by atoms with Crippen molar-refractivity contribution in [2.75, 3.05) is 11.1 Å². The number of thioether (sulfide) groups is 1. The van der Waals surface area contributed by atoms with E-state index >= 15 is 0 Å². The normalized spacial score (nSPS) is 11.2. The van der Waals surface area contributed by atoms with Gasteiger partial charge in [0.05, 0.1) is 16.5 Å². The molecule has 2 aromatic heterocycles. The Kier molecular flexibility index (Phi) is 6.72. The molecule has 0 aliphatic carbocycles. The molecule has 0 saturated carbocycles. The van der Waals surface area contributed by atoms with Gasteiger partial charge in [0.1, 0.15) is 0 Å². The highest BCUT2D eigenvalue weighted by Crippen LogP contribution is 2.26. The average Bonchev–Trinajstić information content (AvgIpc) is 3.18. The summed E-state index contributed by atoms with van der Waals surface area (Å²) in [6.45, 7) is 10.2. The van der Waals surface area contributed by atoms with E-state index in [1.165, 1.54) is 28.5 Å². The quantitative estimate of drug-likeness (QED) is 0.362. The third kappa shape index (κ3) is 5.04. The number of carbonyl (C=O) groups excluding carboxylic acids is 1. The number of hydrogen-bond acceptors (Lipinski definition) is 5. The number of halogens is 1. The van der Waals surface area contributed by atoms with E-state index in [1.807, 2.05) is 32.9 Å². The smallest absolute Gasteiger partial charge is 0.253 e. The van der Waals surface area contributed by atoms with Gasteiger partial charge in [0.25, 0.3) is 5.78 Å². The summed E-state index contributed by atoms with van der Waals surface area (Å²) in [7, 11) is 0. The van der Waals surface area contributed by atoms with Crippen LogP contribution < -0.4 is 5.32 Å². The van der Waals surface area contributed by atoms with Gasteiger partial charge in [-0.15, -0.1) is 5.10 Å². The molecular weight excluding hydrogens is 454 g/mol. The highest BCUT2D eigenvalue weighted by molar-refractivity contribution is 7.99. The lowest BCUT2D eigenvalue weighted by atomic mass is 9.97. The first-order valence-corrected chi connectivity index (χ1v) is 12.1. The summed E-state index contributed by atoms with van der Waals surface area (Å²) in [4.78, 5) is 21.6. The Hall–Kier alpha value is -2.90. The number of rotatable bonds is 6. The van der Waals surface area contributed by atoms with Crippen LogP contribution in [-0.4, -0.2) is 31.2 Å². The van der Waals surface area contributed by atoms with Crippen LogP contribution in [0.2, 0.25) is 5.02 Å². The van der Waals surface area contributed by atoms with Crippen molar-refractivity contribution < 1.29 is 4.79 Å². The van der Waals surface area contributed by atoms with Crippen molar-refractivity contribution in [3.63, 3.8) is 0 Å². The standard InChI is InChI=1S/C25H26ClN5OS/c1-14-9-10-15(2)19(11-14)12-20-17(4)27-24-29-25(30-31(24)18(20)5)33-13-22(32)28-21-8-6-7-16(3)23(21)26/h6-11H,12-13H2,1-5H3,(H,28,32). The largest absolute Gasteiger partial charge is 0.324 e. The monoisotopic (exact) mass is 479 g/mol. The van der Waals surface area contributed by atoms with Crippen molar-refractivity contribution in [1.29, 1.82) is 0 Å². The van der Waals surface area contributed by atoms with Gasteiger partial charge in [-0.3, -0.25) is 4.79 Å². The van der Waals surface area contributed by atoms with Crippen molar-refractivity contribution in [2.24, 2.45) is 0 Å². The molecular formula is C25H26ClN5OS. The van der Waals surface area contributed by atoms with E-state index < -0.39 is 0 Å². The maximum Gasteiger partial charge on any atom is 0.253 e. The predicted molar refractivity (Wildman–Crippen MR) is 135 cm³/mol. The summed E-state index contributed by atoms with van der Waals surface area (Å²) in [5.41, 5.74) is 8.39. The van der Waals surface area contributed by atoms with Crippen LogP contribution >= 0.6 is 23.4 Å². The van der Waals surface area contributed by atoms with Gasteiger partial charge >= 0.3 is 0 Å². The van der Waals surface area contributed by atoms with Crippen molar-refractivity contribution in [3.8, 4) is 0 Å². The summed E-state index contributed by atoms with van der Waals surface area (Å²) in [6, 6.07) is 12.1. The van der Waals surface area contributed by atoms with Gasteiger partial charge in [-0.05, 0) is 62.9 Å². The maximum absolute atomic E-state index is 12.4. The molecule has 8 heteroatoms. The number of nitrogens with zero attached hydrogens (tertiary/aromatic N) is 4. The molecule has 0 bridgehead atoms. The highest BCUT2D eigenvalue weighted by Gasteiger charge is 2.16. The van der Waals surface area contributed by atoms with Crippen molar-refractivity contribution in [1.82, 2.24) is 19.6 Å². The van der Waals surface area contributed by atoms with E-state index in [0.29, 0.717) is 21.6 Å². The molecule has 0 radical (unpaired) electrons. The van der Waals surface area contributed by atoms with E-state index in [0.717, 1.165) is 28.9 Å². The van der Waals surface area contributed by atoms with Crippen molar-refractivity contribution >= 4 is 40.7 Å². The van der Waals surface area contributed by atoms with Gasteiger partial charge in [-0.1, -0.05) is 59.3 Å². The molecule has 0 spiro atoms. The second-order valence-corrected chi connectivity index (χ2v) is 9.57. The Morgan fingerprint density at radius 3 is 2.64 bits per heavy atom. The SMILES string of the molecule is Cc1ccc(C)c(Cc2c(C)nc3nc(SCC(=O)Nc4cccc(C)c4Cl)nn3c2C)c1. The van der Waals surface area contributed by atoms with Crippen LogP contribution in [-0.2, 0) is 11.2 Å². The molecule has 0 aliphatic heterocycles. The number of aryl methyl sites for hydroxylation is 5. The number of aromatic nitrogens is 4. The van der Waals surface area contributed by atoms with E-state index in [-0.39, 0.29) is 11.7 Å². The van der Waals surface area contributed by atoms with Gasteiger partial charge in [0, 0.05) is 17.8 Å². The number of nitrogens with one attached hydrogen (secondary N) is 1. The van der Waals surface area contributed by atoms with E-state index in [4.69, 9.17) is 11.6 Å². The van der Waals surface area contributed by atoms with Crippen LogP contribution in [0.4, 0.5) is 5.69 Å². The minimum atomic E-state index is -0.164. The molecule has 0 aliphatic rings. The summed E-state index contributed by atoms with van der Waals surface area (Å²) < 4.78 is 1.77. The minimum Gasteiger partial charge on any atom is -0.324 e. The van der Waals surface area contributed by atoms with Gasteiger partial charge in [-0.2, -0.15) is 4.98 Å². The minimum absolute atomic E-state index is 0.164. The average molecular weight is 480 g/mol. The zero-order valence-corrected chi connectivity index (χ0v) is 20.9. The summed E-state index contributed by atoms with van der Waals surface area (Å²) in [5.74, 6) is 0.552. The lowest BCUT2D eigenvalue weighted by Gasteiger charge is -2.12. The molecule has 0 atom stereocenters. The number of amides is 1. The predicted octanol–water partition coefficient (Wildman–Crippen LogP) is 5.64. The summed E-state index contributed by atoms with van der Waals surface area (Å²) in [5, 5.41) is 8.52. The molecule has 1 amide bonds.